The highest BCUT2D eigenvalue weighted by Gasteiger charge is 2.33. The molecule has 0 spiro atoms. The zero-order valence-electron chi connectivity index (χ0n) is 18.8. The maximum atomic E-state index is 13.0. The second-order valence-electron chi connectivity index (χ2n) is 7.87. The molecule has 0 aliphatic heterocycles. The van der Waals surface area contributed by atoms with Crippen molar-refractivity contribution in [2.45, 2.75) is 42.7 Å². The fraction of sp³-hybridized carbons (Fsp3) is 0.273. The minimum absolute atomic E-state index is 0.0973. The van der Waals surface area contributed by atoms with Crippen LogP contribution in [0, 0.1) is 13.8 Å². The number of aromatic amines is 1. The third kappa shape index (κ3) is 6.09. The molecule has 0 saturated carbocycles. The van der Waals surface area contributed by atoms with Crippen LogP contribution in [0.15, 0.2) is 52.3 Å². The molecule has 1 N–H and O–H groups in total. The maximum absolute atomic E-state index is 13.0. The van der Waals surface area contributed by atoms with Gasteiger partial charge in [0.05, 0.1) is 16.2 Å². The van der Waals surface area contributed by atoms with Crippen molar-refractivity contribution < 1.29 is 39.0 Å². The number of carbonyl (C=O) groups excluding carboxylic acids is 1. The first-order chi connectivity index (χ1) is 16.1. The van der Waals surface area contributed by atoms with Crippen LogP contribution >= 0.6 is 0 Å². The molecule has 0 unspecified atom stereocenters. The van der Waals surface area contributed by atoms with Crippen molar-refractivity contribution in [3.63, 3.8) is 0 Å². The summed E-state index contributed by atoms with van der Waals surface area (Å²) in [6, 6.07) is 7.81. The molecule has 188 valence electrons. The molecular weight excluding hydrogens is 509 g/mol. The number of hydrogen-bond acceptors (Lipinski definition) is 7. The van der Waals surface area contributed by atoms with E-state index in [0.717, 1.165) is 11.6 Å². The van der Waals surface area contributed by atoms with Crippen molar-refractivity contribution in [3.8, 4) is 5.88 Å². The molecule has 0 saturated heterocycles. The molecule has 2 aromatic carbocycles. The molecule has 3 aromatic rings. The van der Waals surface area contributed by atoms with Gasteiger partial charge in [0.15, 0.2) is 15.6 Å². The third-order valence-electron chi connectivity index (χ3n) is 5.15. The number of sulfone groups is 1. The molecule has 0 aliphatic rings. The highest BCUT2D eigenvalue weighted by Crippen LogP contribution is 2.33. The second-order valence-corrected chi connectivity index (χ2v) is 11.4. The van der Waals surface area contributed by atoms with Crippen LogP contribution in [0.4, 0.5) is 13.2 Å². The standard InChI is InChI=1S/C22H21F3N2O6S2/c1-13-4-7-16(8-5-13)35(31,32)33-21-17(14(2)26-27-21)10-11-19(28)18-9-6-15(22(23,24)25)12-20(18)34(3,29)30/h4-9,12H,10-11H2,1-3H3,(H,26,27). The lowest BCUT2D eigenvalue weighted by atomic mass is 10.0. The van der Waals surface area contributed by atoms with Crippen LogP contribution < -0.4 is 4.18 Å². The number of nitrogens with one attached hydrogen (secondary N) is 1. The first-order valence-electron chi connectivity index (χ1n) is 10.1. The number of rotatable bonds is 8. The Bertz CT molecular complexity index is 1480. The number of ketones is 1. The zero-order valence-corrected chi connectivity index (χ0v) is 20.4. The van der Waals surface area contributed by atoms with Gasteiger partial charge in [0, 0.05) is 23.8 Å². The first-order valence-corrected chi connectivity index (χ1v) is 13.4. The summed E-state index contributed by atoms with van der Waals surface area (Å²) < 4.78 is 93.6. The number of benzene rings is 2. The Morgan fingerprint density at radius 1 is 1.03 bits per heavy atom. The van der Waals surface area contributed by atoms with Gasteiger partial charge in [0.2, 0.25) is 5.88 Å². The number of aromatic nitrogens is 2. The van der Waals surface area contributed by atoms with E-state index in [1.54, 1.807) is 26.0 Å². The Morgan fingerprint density at radius 2 is 1.66 bits per heavy atom. The van der Waals surface area contributed by atoms with Gasteiger partial charge in [0.1, 0.15) is 4.90 Å². The van der Waals surface area contributed by atoms with Crippen molar-refractivity contribution in [1.82, 2.24) is 10.2 Å². The van der Waals surface area contributed by atoms with Crippen molar-refractivity contribution in [2.75, 3.05) is 6.26 Å². The summed E-state index contributed by atoms with van der Waals surface area (Å²) in [5.74, 6) is -0.960. The van der Waals surface area contributed by atoms with E-state index < -0.39 is 47.9 Å². The third-order valence-corrected chi connectivity index (χ3v) is 7.52. The number of nitrogens with zero attached hydrogens (tertiary/aromatic N) is 1. The number of halogens is 3. The van der Waals surface area contributed by atoms with Gasteiger partial charge in [-0.2, -0.15) is 26.7 Å². The Balaban J connectivity index is 1.86. The van der Waals surface area contributed by atoms with Gasteiger partial charge in [0.25, 0.3) is 0 Å². The normalized spacial score (nSPS) is 12.5. The van der Waals surface area contributed by atoms with E-state index in [9.17, 15) is 34.8 Å². The number of hydrogen-bond donors (Lipinski definition) is 1. The van der Waals surface area contributed by atoms with Crippen LogP contribution in [0.2, 0.25) is 0 Å². The van der Waals surface area contributed by atoms with Gasteiger partial charge < -0.3 is 4.18 Å². The number of H-pyrrole nitrogens is 1. The highest BCUT2D eigenvalue weighted by atomic mass is 32.2. The van der Waals surface area contributed by atoms with Gasteiger partial charge in [-0.05, 0) is 50.6 Å². The van der Waals surface area contributed by atoms with Crippen LogP contribution in [-0.4, -0.2) is 39.1 Å². The zero-order chi connectivity index (χ0) is 26.2. The van der Waals surface area contributed by atoms with E-state index in [2.05, 4.69) is 10.2 Å². The average molecular weight is 531 g/mol. The van der Waals surface area contributed by atoms with Gasteiger partial charge in [-0.25, -0.2) is 13.5 Å². The van der Waals surface area contributed by atoms with Crippen molar-refractivity contribution in [2.24, 2.45) is 0 Å². The van der Waals surface area contributed by atoms with Crippen LogP contribution in [0.1, 0.15) is 39.2 Å². The Labute approximate surface area is 200 Å². The summed E-state index contributed by atoms with van der Waals surface area (Å²) in [6.45, 7) is 3.33. The molecule has 0 radical (unpaired) electrons. The predicted molar refractivity (Wildman–Crippen MR) is 120 cm³/mol. The Hall–Kier alpha value is -3.19. The molecule has 35 heavy (non-hydrogen) atoms. The summed E-state index contributed by atoms with van der Waals surface area (Å²) in [6.07, 6.45) is -4.52. The SMILES string of the molecule is Cc1ccc(S(=O)(=O)Oc2[nH]nc(C)c2CCC(=O)c2ccc(C(F)(F)F)cc2S(C)(=O)=O)cc1. The van der Waals surface area contributed by atoms with E-state index in [4.69, 9.17) is 4.18 Å². The molecular formula is C22H21F3N2O6S2. The fourth-order valence-electron chi connectivity index (χ4n) is 3.27. The van der Waals surface area contributed by atoms with Crippen molar-refractivity contribution >= 4 is 25.7 Å². The largest absolute Gasteiger partial charge is 0.416 e. The first kappa shape index (κ1) is 26.4. The number of aryl methyl sites for hydroxylation is 2. The predicted octanol–water partition coefficient (Wildman–Crippen LogP) is 4.03. The summed E-state index contributed by atoms with van der Waals surface area (Å²) in [5.41, 5.74) is -0.157. The summed E-state index contributed by atoms with van der Waals surface area (Å²) in [7, 11) is -8.37. The van der Waals surface area contributed by atoms with E-state index in [1.165, 1.54) is 12.1 Å². The quantitative estimate of drug-likeness (QED) is 0.345. The van der Waals surface area contributed by atoms with Crippen molar-refractivity contribution in [1.29, 1.82) is 0 Å². The highest BCUT2D eigenvalue weighted by molar-refractivity contribution is 7.90. The summed E-state index contributed by atoms with van der Waals surface area (Å²) >= 11 is 0. The lowest BCUT2D eigenvalue weighted by Gasteiger charge is -2.12. The molecule has 0 atom stereocenters. The van der Waals surface area contributed by atoms with E-state index in [0.29, 0.717) is 24.1 Å². The van der Waals surface area contributed by atoms with Gasteiger partial charge in [-0.1, -0.05) is 17.7 Å². The van der Waals surface area contributed by atoms with E-state index >= 15 is 0 Å². The average Bonchev–Trinajstić information content (AvgIpc) is 3.09. The molecule has 1 heterocycles. The van der Waals surface area contributed by atoms with Gasteiger partial charge in [-0.15, -0.1) is 0 Å². The molecule has 0 aliphatic carbocycles. The van der Waals surface area contributed by atoms with E-state index in [-0.39, 0.29) is 29.2 Å². The molecule has 8 nitrogen and oxygen atoms in total. The van der Waals surface area contributed by atoms with E-state index in [1.807, 2.05) is 0 Å². The lowest BCUT2D eigenvalue weighted by Crippen LogP contribution is -2.14. The molecule has 1 aromatic heterocycles. The lowest BCUT2D eigenvalue weighted by molar-refractivity contribution is -0.137. The number of alkyl halides is 3. The van der Waals surface area contributed by atoms with Gasteiger partial charge in [-0.3, -0.25) is 4.79 Å². The maximum Gasteiger partial charge on any atom is 0.416 e. The molecule has 3 rings (SSSR count). The number of Topliss-reactive ketones (excluding diaryl/α,β-unsaturated/α-hetero) is 1. The van der Waals surface area contributed by atoms with Gasteiger partial charge >= 0.3 is 16.3 Å². The minimum Gasteiger partial charge on any atom is -0.358 e. The van der Waals surface area contributed by atoms with Crippen LogP contribution in [-0.2, 0) is 32.6 Å². The number of carbonyl (C=O) groups is 1. The Kier molecular flexibility index (Phi) is 7.14. The molecule has 13 heteroatoms. The Morgan fingerprint density at radius 3 is 2.23 bits per heavy atom. The van der Waals surface area contributed by atoms with Crippen molar-refractivity contribution in [3.05, 3.63) is 70.4 Å². The smallest absolute Gasteiger partial charge is 0.358 e. The molecule has 0 bridgehead atoms. The second kappa shape index (κ2) is 9.46. The minimum atomic E-state index is -4.79. The topological polar surface area (TPSA) is 123 Å². The summed E-state index contributed by atoms with van der Waals surface area (Å²) in [4.78, 5) is 12.0. The fourth-order valence-corrected chi connectivity index (χ4v) is 5.11. The van der Waals surface area contributed by atoms with Crippen LogP contribution in [0.3, 0.4) is 0 Å². The summed E-state index contributed by atoms with van der Waals surface area (Å²) in [5, 5.41) is 6.36. The molecule has 0 fully saturated rings. The van der Waals surface area contributed by atoms with Crippen LogP contribution in [0.5, 0.6) is 5.88 Å². The van der Waals surface area contributed by atoms with Crippen LogP contribution in [0.25, 0.3) is 0 Å². The monoisotopic (exact) mass is 530 g/mol. The molecule has 0 amide bonds.